The summed E-state index contributed by atoms with van der Waals surface area (Å²) in [4.78, 5) is 27.3. The molecule has 1 unspecified atom stereocenters. The van der Waals surface area contributed by atoms with E-state index in [0.717, 1.165) is 5.01 Å². The van der Waals surface area contributed by atoms with Crippen LogP contribution < -0.4 is 5.32 Å². The molecule has 0 saturated heterocycles. The number of aliphatic carboxylic acids is 1. The largest absolute Gasteiger partial charge is 0.480 e. The summed E-state index contributed by atoms with van der Waals surface area (Å²) < 4.78 is 0. The normalized spacial score (nSPS) is 13.0. The van der Waals surface area contributed by atoms with Gasteiger partial charge < -0.3 is 10.4 Å². The molecule has 1 aromatic rings. The molecule has 2 N–H and O–H groups in total. The van der Waals surface area contributed by atoms with Crippen LogP contribution in [0.2, 0.25) is 0 Å². The molecule has 1 amide bonds. The fourth-order valence-electron chi connectivity index (χ4n) is 1.69. The van der Waals surface area contributed by atoms with E-state index in [2.05, 4.69) is 31.1 Å². The average molecular weight is 298 g/mol. The molecule has 0 aliphatic carbocycles. The van der Waals surface area contributed by atoms with Crippen molar-refractivity contribution < 1.29 is 14.7 Å². The molecule has 0 aromatic carbocycles. The van der Waals surface area contributed by atoms with Crippen LogP contribution in [0.4, 0.5) is 0 Å². The smallest absolute Gasteiger partial charge is 0.326 e. The Balaban J connectivity index is 2.62. The first-order valence-electron chi connectivity index (χ1n) is 6.71. The Bertz CT molecular complexity index is 477. The van der Waals surface area contributed by atoms with Crippen molar-refractivity contribution in [1.82, 2.24) is 10.3 Å². The van der Waals surface area contributed by atoms with Gasteiger partial charge in [0.1, 0.15) is 6.04 Å². The Morgan fingerprint density at radius 2 is 2.10 bits per heavy atom. The van der Waals surface area contributed by atoms with Gasteiger partial charge in [0, 0.05) is 10.8 Å². The second kappa shape index (κ2) is 6.83. The molecule has 0 saturated carbocycles. The molecular weight excluding hydrogens is 276 g/mol. The number of aromatic nitrogens is 1. The second-order valence-electron chi connectivity index (χ2n) is 5.82. The number of hydrogen-bond acceptors (Lipinski definition) is 4. The van der Waals surface area contributed by atoms with Gasteiger partial charge >= 0.3 is 5.97 Å². The number of amides is 1. The summed E-state index contributed by atoms with van der Waals surface area (Å²) in [7, 11) is 0. The maximum Gasteiger partial charge on any atom is 0.326 e. The highest BCUT2D eigenvalue weighted by Gasteiger charge is 2.21. The van der Waals surface area contributed by atoms with Crippen LogP contribution in [0, 0.1) is 0 Å². The van der Waals surface area contributed by atoms with Crippen molar-refractivity contribution in [1.29, 1.82) is 0 Å². The molecule has 0 aliphatic heterocycles. The molecule has 5 nitrogen and oxygen atoms in total. The number of hydrogen-bond donors (Lipinski definition) is 2. The van der Waals surface area contributed by atoms with Crippen LogP contribution in [-0.2, 0) is 21.4 Å². The van der Waals surface area contributed by atoms with Gasteiger partial charge in [-0.15, -0.1) is 11.3 Å². The minimum absolute atomic E-state index is 0.0365. The van der Waals surface area contributed by atoms with Crippen molar-refractivity contribution in [2.24, 2.45) is 0 Å². The molecule has 6 heteroatoms. The quantitative estimate of drug-likeness (QED) is 0.845. The second-order valence-corrected chi connectivity index (χ2v) is 6.68. The van der Waals surface area contributed by atoms with Gasteiger partial charge in [0.25, 0.3) is 0 Å². The Hall–Kier alpha value is -1.43. The summed E-state index contributed by atoms with van der Waals surface area (Å²) in [5.74, 6) is -1.29. The summed E-state index contributed by atoms with van der Waals surface area (Å²) in [6, 6.07) is -0.812. The van der Waals surface area contributed by atoms with Gasteiger partial charge in [-0.3, -0.25) is 4.79 Å². The number of carbonyl (C=O) groups is 2. The lowest BCUT2D eigenvalue weighted by atomic mass is 9.98. The third-order valence-corrected chi connectivity index (χ3v) is 4.06. The van der Waals surface area contributed by atoms with Crippen molar-refractivity contribution in [3.63, 3.8) is 0 Å². The molecule has 1 aromatic heterocycles. The first-order chi connectivity index (χ1) is 9.24. The molecular formula is C14H22N2O3S. The van der Waals surface area contributed by atoms with Crippen molar-refractivity contribution in [3.8, 4) is 0 Å². The molecule has 0 aliphatic rings. The lowest BCUT2D eigenvalue weighted by Gasteiger charge is -2.14. The van der Waals surface area contributed by atoms with Gasteiger partial charge in [0.05, 0.1) is 17.1 Å². The summed E-state index contributed by atoms with van der Waals surface area (Å²) in [6.45, 7) is 8.09. The number of thiazole rings is 1. The van der Waals surface area contributed by atoms with Gasteiger partial charge in [0.2, 0.25) is 5.91 Å². The highest BCUT2D eigenvalue weighted by atomic mass is 32.1. The third-order valence-electron chi connectivity index (χ3n) is 2.75. The minimum atomic E-state index is -0.992. The Morgan fingerprint density at radius 1 is 1.45 bits per heavy atom. The van der Waals surface area contributed by atoms with Gasteiger partial charge in [-0.1, -0.05) is 34.1 Å². The maximum absolute atomic E-state index is 11.9. The zero-order valence-electron chi connectivity index (χ0n) is 12.4. The molecule has 1 rings (SSSR count). The maximum atomic E-state index is 11.9. The van der Waals surface area contributed by atoms with E-state index in [-0.39, 0.29) is 17.7 Å². The van der Waals surface area contributed by atoms with Crippen molar-refractivity contribution in [3.05, 3.63) is 16.1 Å². The zero-order valence-corrected chi connectivity index (χ0v) is 13.2. The summed E-state index contributed by atoms with van der Waals surface area (Å²) >= 11 is 1.53. The molecule has 0 bridgehead atoms. The fourth-order valence-corrected chi connectivity index (χ4v) is 2.60. The Kier molecular flexibility index (Phi) is 5.68. The average Bonchev–Trinajstić information content (AvgIpc) is 2.76. The first kappa shape index (κ1) is 16.6. The molecule has 0 spiro atoms. The number of carbonyl (C=O) groups excluding carboxylic acids is 1. The van der Waals surface area contributed by atoms with Crippen LogP contribution in [0.5, 0.6) is 0 Å². The van der Waals surface area contributed by atoms with E-state index in [1.54, 1.807) is 0 Å². The summed E-state index contributed by atoms with van der Waals surface area (Å²) in [5, 5.41) is 14.4. The van der Waals surface area contributed by atoms with Crippen LogP contribution in [0.15, 0.2) is 5.38 Å². The van der Waals surface area contributed by atoms with Crippen molar-refractivity contribution in [2.45, 2.75) is 58.4 Å². The number of nitrogens with zero attached hydrogens (tertiary/aromatic N) is 1. The van der Waals surface area contributed by atoms with Crippen molar-refractivity contribution >= 4 is 23.2 Å². The predicted octanol–water partition coefficient (Wildman–Crippen LogP) is 2.35. The van der Waals surface area contributed by atoms with E-state index in [1.165, 1.54) is 11.3 Å². The van der Waals surface area contributed by atoms with E-state index in [4.69, 9.17) is 5.11 Å². The van der Waals surface area contributed by atoms with Gasteiger partial charge in [-0.05, 0) is 6.42 Å². The van der Waals surface area contributed by atoms with Crippen LogP contribution in [-0.4, -0.2) is 28.0 Å². The van der Waals surface area contributed by atoms with Gasteiger partial charge in [-0.2, -0.15) is 0 Å². The molecule has 0 fully saturated rings. The minimum Gasteiger partial charge on any atom is -0.480 e. The summed E-state index contributed by atoms with van der Waals surface area (Å²) in [6.07, 6.45) is 1.27. The monoisotopic (exact) mass is 298 g/mol. The fraction of sp³-hybridized carbons (Fsp3) is 0.643. The van der Waals surface area contributed by atoms with E-state index < -0.39 is 12.0 Å². The van der Waals surface area contributed by atoms with Crippen LogP contribution in [0.25, 0.3) is 0 Å². The van der Waals surface area contributed by atoms with Gasteiger partial charge in [-0.25, -0.2) is 9.78 Å². The van der Waals surface area contributed by atoms with Crippen LogP contribution >= 0.6 is 11.3 Å². The molecule has 1 atom stereocenters. The van der Waals surface area contributed by atoms with Crippen molar-refractivity contribution in [2.75, 3.05) is 0 Å². The highest BCUT2D eigenvalue weighted by Crippen LogP contribution is 2.25. The van der Waals surface area contributed by atoms with E-state index in [0.29, 0.717) is 18.5 Å². The molecule has 1 heterocycles. The number of carboxylic acid groups (broad SMARTS) is 1. The van der Waals surface area contributed by atoms with Crippen LogP contribution in [0.3, 0.4) is 0 Å². The van der Waals surface area contributed by atoms with E-state index >= 15 is 0 Å². The number of rotatable bonds is 6. The Labute approximate surface area is 123 Å². The predicted molar refractivity (Wildman–Crippen MR) is 79.0 cm³/mol. The standard InChI is InChI=1S/C14H22N2O3S/c1-5-6-10(12(18)19)16-11(17)7-9-8-20-13(15-9)14(2,3)4/h8,10H,5-7H2,1-4H3,(H,16,17)(H,18,19). The Morgan fingerprint density at radius 3 is 2.55 bits per heavy atom. The number of carboxylic acids is 1. The molecule has 0 radical (unpaired) electrons. The van der Waals surface area contributed by atoms with Gasteiger partial charge in [0.15, 0.2) is 0 Å². The topological polar surface area (TPSA) is 79.3 Å². The summed E-state index contributed by atoms with van der Waals surface area (Å²) in [5.41, 5.74) is 0.656. The lowest BCUT2D eigenvalue weighted by Crippen LogP contribution is -2.41. The molecule has 20 heavy (non-hydrogen) atoms. The lowest BCUT2D eigenvalue weighted by molar-refractivity contribution is -0.141. The zero-order chi connectivity index (χ0) is 15.3. The SMILES string of the molecule is CCCC(NC(=O)Cc1csc(C(C)(C)C)n1)C(=O)O. The number of nitrogens with one attached hydrogen (secondary N) is 1. The van der Waals surface area contributed by atoms with Crippen LogP contribution in [0.1, 0.15) is 51.2 Å². The van der Waals surface area contributed by atoms with E-state index in [1.807, 2.05) is 12.3 Å². The molecule has 112 valence electrons. The highest BCUT2D eigenvalue weighted by molar-refractivity contribution is 7.09. The van der Waals surface area contributed by atoms with E-state index in [9.17, 15) is 9.59 Å². The third kappa shape index (κ3) is 4.92. The first-order valence-corrected chi connectivity index (χ1v) is 7.59.